The first kappa shape index (κ1) is 24.1. The highest BCUT2D eigenvalue weighted by atomic mass is 16.5. The van der Waals surface area contributed by atoms with Crippen LogP contribution in [0.4, 0.5) is 5.69 Å². The van der Waals surface area contributed by atoms with E-state index in [0.717, 1.165) is 12.0 Å². The number of ether oxygens (including phenoxy) is 2. The van der Waals surface area contributed by atoms with Crippen LogP contribution in [0, 0.1) is 0 Å². The fourth-order valence-electron chi connectivity index (χ4n) is 4.25. The molecule has 1 atom stereocenters. The fraction of sp³-hybridized carbons (Fsp3) is 0.286. The SMILES string of the molecule is CCCOc1cccc(N2C(=O)C(=O)/C(=C(\O)c3ccc(OC)c(C(C)C)c3)C2c2ccco2)c1. The molecule has 0 aliphatic carbocycles. The van der Waals surface area contributed by atoms with E-state index in [2.05, 4.69) is 0 Å². The van der Waals surface area contributed by atoms with E-state index in [0.29, 0.717) is 35.1 Å². The standard InChI is InChI=1S/C28H29NO6/c1-5-13-34-20-9-6-8-19(16-20)29-25(23-10-7-14-35-23)24(27(31)28(29)32)26(30)18-11-12-22(33-4)21(15-18)17(2)3/h6-12,14-17,25,30H,5,13H2,1-4H3/b26-24-. The first-order chi connectivity index (χ1) is 16.9. The summed E-state index contributed by atoms with van der Waals surface area (Å²) >= 11 is 0. The summed E-state index contributed by atoms with van der Waals surface area (Å²) in [5.41, 5.74) is 1.73. The number of hydrogen-bond acceptors (Lipinski definition) is 6. The fourth-order valence-corrected chi connectivity index (χ4v) is 4.25. The van der Waals surface area contributed by atoms with Gasteiger partial charge in [-0.15, -0.1) is 0 Å². The van der Waals surface area contributed by atoms with Crippen molar-refractivity contribution in [1.29, 1.82) is 0 Å². The van der Waals surface area contributed by atoms with Gasteiger partial charge in [-0.3, -0.25) is 14.5 Å². The Kier molecular flexibility index (Phi) is 6.96. The molecule has 182 valence electrons. The Morgan fingerprint density at radius 2 is 1.91 bits per heavy atom. The highest BCUT2D eigenvalue weighted by Crippen LogP contribution is 2.43. The Morgan fingerprint density at radius 1 is 1.11 bits per heavy atom. The highest BCUT2D eigenvalue weighted by Gasteiger charge is 2.48. The molecule has 35 heavy (non-hydrogen) atoms. The Balaban J connectivity index is 1.87. The predicted octanol–water partition coefficient (Wildman–Crippen LogP) is 5.83. The molecule has 3 aromatic rings. The van der Waals surface area contributed by atoms with Crippen LogP contribution in [0.1, 0.15) is 56.0 Å². The number of ketones is 1. The minimum atomic E-state index is -0.934. The molecular weight excluding hydrogens is 446 g/mol. The Hall–Kier alpha value is -4.00. The first-order valence-electron chi connectivity index (χ1n) is 11.6. The number of carbonyl (C=O) groups excluding carboxylic acids is 2. The van der Waals surface area contributed by atoms with Gasteiger partial charge >= 0.3 is 0 Å². The largest absolute Gasteiger partial charge is 0.507 e. The van der Waals surface area contributed by atoms with Crippen molar-refractivity contribution >= 4 is 23.1 Å². The molecule has 4 rings (SSSR count). The van der Waals surface area contributed by atoms with E-state index in [9.17, 15) is 14.7 Å². The molecule has 7 heteroatoms. The van der Waals surface area contributed by atoms with Crippen LogP contribution in [0.25, 0.3) is 5.76 Å². The van der Waals surface area contributed by atoms with Crippen molar-refractivity contribution in [2.24, 2.45) is 0 Å². The molecule has 1 amide bonds. The third-order valence-electron chi connectivity index (χ3n) is 5.95. The number of furan rings is 1. The smallest absolute Gasteiger partial charge is 0.300 e. The van der Waals surface area contributed by atoms with Crippen molar-refractivity contribution in [2.45, 2.75) is 39.2 Å². The Labute approximate surface area is 204 Å². The van der Waals surface area contributed by atoms with Crippen molar-refractivity contribution < 1.29 is 28.6 Å². The van der Waals surface area contributed by atoms with Gasteiger partial charge in [-0.2, -0.15) is 0 Å². The molecule has 0 radical (unpaired) electrons. The van der Waals surface area contributed by atoms with Crippen LogP contribution < -0.4 is 14.4 Å². The normalized spacial score (nSPS) is 17.3. The molecule has 7 nitrogen and oxygen atoms in total. The van der Waals surface area contributed by atoms with Crippen molar-refractivity contribution in [3.8, 4) is 11.5 Å². The molecule has 0 spiro atoms. The van der Waals surface area contributed by atoms with Gasteiger partial charge in [0.2, 0.25) is 0 Å². The number of aliphatic hydroxyl groups excluding tert-OH is 1. The van der Waals surface area contributed by atoms with E-state index >= 15 is 0 Å². The number of aliphatic hydroxyl groups is 1. The lowest BCUT2D eigenvalue weighted by molar-refractivity contribution is -0.132. The number of hydrogen-bond donors (Lipinski definition) is 1. The van der Waals surface area contributed by atoms with Crippen molar-refractivity contribution in [2.75, 3.05) is 18.6 Å². The van der Waals surface area contributed by atoms with Gasteiger partial charge in [0.1, 0.15) is 29.1 Å². The maximum Gasteiger partial charge on any atom is 0.300 e. The first-order valence-corrected chi connectivity index (χ1v) is 11.6. The maximum atomic E-state index is 13.3. The van der Waals surface area contributed by atoms with Gasteiger partial charge in [0.15, 0.2) is 0 Å². The van der Waals surface area contributed by atoms with Crippen LogP contribution in [-0.2, 0) is 9.59 Å². The second-order valence-electron chi connectivity index (χ2n) is 8.64. The molecule has 2 aromatic carbocycles. The molecule has 1 aliphatic rings. The van der Waals surface area contributed by atoms with Crippen molar-refractivity contribution in [3.05, 3.63) is 83.3 Å². The monoisotopic (exact) mass is 475 g/mol. The van der Waals surface area contributed by atoms with Crippen molar-refractivity contribution in [1.82, 2.24) is 0 Å². The number of anilines is 1. The molecular formula is C28H29NO6. The van der Waals surface area contributed by atoms with Gasteiger partial charge in [-0.25, -0.2) is 0 Å². The summed E-state index contributed by atoms with van der Waals surface area (Å²) in [4.78, 5) is 27.9. The zero-order valence-electron chi connectivity index (χ0n) is 20.3. The summed E-state index contributed by atoms with van der Waals surface area (Å²) in [6, 6.07) is 14.6. The molecule has 2 heterocycles. The van der Waals surface area contributed by atoms with Crippen LogP contribution in [0.15, 0.2) is 70.9 Å². The highest BCUT2D eigenvalue weighted by molar-refractivity contribution is 6.51. The van der Waals surface area contributed by atoms with Gasteiger partial charge in [-0.05, 0) is 60.4 Å². The van der Waals surface area contributed by atoms with Crippen LogP contribution in [-0.4, -0.2) is 30.5 Å². The number of rotatable bonds is 8. The number of Topliss-reactive ketones (excluding diaryl/α,β-unsaturated/α-hetero) is 1. The average Bonchev–Trinajstić information content (AvgIpc) is 3.48. The second kappa shape index (κ2) is 10.1. The lowest BCUT2D eigenvalue weighted by Gasteiger charge is -2.24. The van der Waals surface area contributed by atoms with E-state index < -0.39 is 17.7 Å². The van der Waals surface area contributed by atoms with E-state index in [1.54, 1.807) is 61.7 Å². The lowest BCUT2D eigenvalue weighted by atomic mass is 9.95. The summed E-state index contributed by atoms with van der Waals surface area (Å²) in [7, 11) is 1.58. The third kappa shape index (κ3) is 4.54. The van der Waals surface area contributed by atoms with E-state index in [1.165, 1.54) is 11.2 Å². The maximum absolute atomic E-state index is 13.3. The quantitative estimate of drug-likeness (QED) is 0.251. The minimum Gasteiger partial charge on any atom is -0.507 e. The number of benzene rings is 2. The van der Waals surface area contributed by atoms with E-state index in [1.807, 2.05) is 20.8 Å². The zero-order chi connectivity index (χ0) is 25.1. The molecule has 1 unspecified atom stereocenters. The molecule has 1 aromatic heterocycles. The molecule has 1 aliphatic heterocycles. The number of methoxy groups -OCH3 is 1. The van der Waals surface area contributed by atoms with Gasteiger partial charge in [0.25, 0.3) is 11.7 Å². The van der Waals surface area contributed by atoms with Crippen LogP contribution in [0.2, 0.25) is 0 Å². The molecule has 1 N–H and O–H groups in total. The van der Waals surface area contributed by atoms with Crippen LogP contribution >= 0.6 is 0 Å². The summed E-state index contributed by atoms with van der Waals surface area (Å²) in [6.45, 7) is 6.55. The summed E-state index contributed by atoms with van der Waals surface area (Å²) < 4.78 is 16.8. The summed E-state index contributed by atoms with van der Waals surface area (Å²) in [5, 5.41) is 11.4. The van der Waals surface area contributed by atoms with Gasteiger partial charge in [0.05, 0.1) is 25.6 Å². The van der Waals surface area contributed by atoms with Gasteiger partial charge in [0, 0.05) is 17.3 Å². The molecule has 0 saturated carbocycles. The van der Waals surface area contributed by atoms with E-state index in [4.69, 9.17) is 13.9 Å². The molecule has 1 fully saturated rings. The number of nitrogens with zero attached hydrogens (tertiary/aromatic N) is 1. The van der Waals surface area contributed by atoms with Crippen LogP contribution in [0.3, 0.4) is 0 Å². The predicted molar refractivity (Wildman–Crippen MR) is 133 cm³/mol. The topological polar surface area (TPSA) is 89.2 Å². The number of amides is 1. The van der Waals surface area contributed by atoms with Gasteiger partial charge < -0.3 is 19.0 Å². The Morgan fingerprint density at radius 3 is 2.57 bits per heavy atom. The lowest BCUT2D eigenvalue weighted by Crippen LogP contribution is -2.29. The number of carbonyl (C=O) groups is 2. The molecule has 1 saturated heterocycles. The van der Waals surface area contributed by atoms with E-state index in [-0.39, 0.29) is 17.3 Å². The summed E-state index contributed by atoms with van der Waals surface area (Å²) in [5.74, 6) is -0.0567. The van der Waals surface area contributed by atoms with Crippen molar-refractivity contribution in [3.63, 3.8) is 0 Å². The average molecular weight is 476 g/mol. The Bertz CT molecular complexity index is 1260. The van der Waals surface area contributed by atoms with Gasteiger partial charge in [-0.1, -0.05) is 26.8 Å². The molecule has 0 bridgehead atoms. The minimum absolute atomic E-state index is 0.0373. The second-order valence-corrected chi connectivity index (χ2v) is 8.64. The zero-order valence-corrected chi connectivity index (χ0v) is 20.3. The third-order valence-corrected chi connectivity index (χ3v) is 5.95. The summed E-state index contributed by atoms with van der Waals surface area (Å²) in [6.07, 6.45) is 2.31. The van der Waals surface area contributed by atoms with Crippen LogP contribution in [0.5, 0.6) is 11.5 Å².